The van der Waals surface area contributed by atoms with Gasteiger partial charge >= 0.3 is 0 Å². The Labute approximate surface area is 66.9 Å². The minimum Gasteiger partial charge on any atom is -0.254 e. The molecule has 0 saturated heterocycles. The number of thioether (sulfide) groups is 1. The van der Waals surface area contributed by atoms with E-state index in [2.05, 4.69) is 32.0 Å². The van der Waals surface area contributed by atoms with Gasteiger partial charge in [-0.25, -0.2) is 0 Å². The van der Waals surface area contributed by atoms with Crippen molar-refractivity contribution >= 4 is 16.8 Å². The van der Waals surface area contributed by atoms with Crippen molar-refractivity contribution in [2.24, 2.45) is 10.9 Å². The number of nitrogens with zero attached hydrogens (tertiary/aromatic N) is 1. The highest BCUT2D eigenvalue weighted by molar-refractivity contribution is 8.16. The molecular weight excluding hydrogens is 142 g/mol. The van der Waals surface area contributed by atoms with Crippen molar-refractivity contribution < 1.29 is 0 Å². The fourth-order valence-corrected chi connectivity index (χ4v) is 1.07. The van der Waals surface area contributed by atoms with Crippen LogP contribution in [-0.2, 0) is 0 Å². The van der Waals surface area contributed by atoms with Gasteiger partial charge in [0.2, 0.25) is 0 Å². The van der Waals surface area contributed by atoms with E-state index in [1.54, 1.807) is 23.4 Å². The SMILES string of the molecule is C=CN=C(SC=C)C(C)C. The van der Waals surface area contributed by atoms with E-state index in [1.807, 2.05) is 0 Å². The second-order valence-corrected chi connectivity index (χ2v) is 3.08. The van der Waals surface area contributed by atoms with Crippen LogP contribution in [-0.4, -0.2) is 5.04 Å². The Morgan fingerprint density at radius 1 is 1.50 bits per heavy atom. The number of aliphatic imine (C=N–C) groups is 1. The molecule has 10 heavy (non-hydrogen) atoms. The van der Waals surface area contributed by atoms with Gasteiger partial charge in [-0.05, 0) is 5.41 Å². The third kappa shape index (κ3) is 3.51. The molecule has 0 N–H and O–H groups in total. The van der Waals surface area contributed by atoms with E-state index < -0.39 is 0 Å². The maximum absolute atomic E-state index is 4.09. The van der Waals surface area contributed by atoms with Crippen molar-refractivity contribution in [2.75, 3.05) is 0 Å². The largest absolute Gasteiger partial charge is 0.254 e. The molecule has 0 aliphatic rings. The summed E-state index contributed by atoms with van der Waals surface area (Å²) < 4.78 is 0. The zero-order chi connectivity index (χ0) is 7.98. The van der Waals surface area contributed by atoms with Gasteiger partial charge in [-0.2, -0.15) is 0 Å². The minimum atomic E-state index is 0.459. The first kappa shape index (κ1) is 9.50. The molecule has 0 bridgehead atoms. The Morgan fingerprint density at radius 3 is 2.40 bits per heavy atom. The molecular formula is C8H13NS. The summed E-state index contributed by atoms with van der Waals surface area (Å²) in [5, 5.41) is 2.84. The number of hydrogen-bond acceptors (Lipinski definition) is 2. The van der Waals surface area contributed by atoms with Crippen molar-refractivity contribution in [3.8, 4) is 0 Å². The molecule has 0 rings (SSSR count). The molecule has 0 aromatic heterocycles. The molecule has 0 unspecified atom stereocenters. The maximum Gasteiger partial charge on any atom is 0.0798 e. The van der Waals surface area contributed by atoms with Crippen LogP contribution in [0.25, 0.3) is 0 Å². The highest BCUT2D eigenvalue weighted by Gasteiger charge is 2.01. The Bertz CT molecular complexity index is 147. The van der Waals surface area contributed by atoms with Crippen LogP contribution < -0.4 is 0 Å². The normalized spacial score (nSPS) is 11.7. The van der Waals surface area contributed by atoms with E-state index in [1.165, 1.54) is 0 Å². The third-order valence-corrected chi connectivity index (χ3v) is 1.90. The lowest BCUT2D eigenvalue weighted by Crippen LogP contribution is -1.99. The van der Waals surface area contributed by atoms with Gasteiger partial charge in [-0.1, -0.05) is 38.8 Å². The van der Waals surface area contributed by atoms with Gasteiger partial charge in [-0.3, -0.25) is 4.99 Å². The Kier molecular flexibility index (Phi) is 5.03. The highest BCUT2D eigenvalue weighted by atomic mass is 32.2. The molecule has 2 heteroatoms. The van der Waals surface area contributed by atoms with Crippen LogP contribution >= 0.6 is 11.8 Å². The van der Waals surface area contributed by atoms with E-state index in [9.17, 15) is 0 Å². The zero-order valence-corrected chi connectivity index (χ0v) is 7.32. The average Bonchev–Trinajstić information content (AvgIpc) is 1.87. The van der Waals surface area contributed by atoms with Crippen molar-refractivity contribution in [3.05, 3.63) is 24.8 Å². The van der Waals surface area contributed by atoms with Gasteiger partial charge in [0.1, 0.15) is 0 Å². The summed E-state index contributed by atoms with van der Waals surface area (Å²) in [7, 11) is 0. The molecule has 56 valence electrons. The number of rotatable bonds is 3. The van der Waals surface area contributed by atoms with Crippen LogP contribution in [0.5, 0.6) is 0 Å². The molecule has 0 saturated carbocycles. The summed E-state index contributed by atoms with van der Waals surface area (Å²) in [4.78, 5) is 4.09. The summed E-state index contributed by atoms with van der Waals surface area (Å²) >= 11 is 1.55. The first-order chi connectivity index (χ1) is 4.72. The highest BCUT2D eigenvalue weighted by Crippen LogP contribution is 2.12. The Morgan fingerprint density at radius 2 is 2.10 bits per heavy atom. The van der Waals surface area contributed by atoms with Crippen molar-refractivity contribution in [1.82, 2.24) is 0 Å². The summed E-state index contributed by atoms with van der Waals surface area (Å²) in [5.74, 6) is 0.459. The van der Waals surface area contributed by atoms with Crippen molar-refractivity contribution in [3.63, 3.8) is 0 Å². The van der Waals surface area contributed by atoms with Gasteiger partial charge in [0.05, 0.1) is 5.04 Å². The molecule has 0 aliphatic heterocycles. The van der Waals surface area contributed by atoms with E-state index in [-0.39, 0.29) is 0 Å². The number of hydrogen-bond donors (Lipinski definition) is 0. The predicted molar refractivity (Wildman–Crippen MR) is 50.3 cm³/mol. The van der Waals surface area contributed by atoms with Gasteiger partial charge < -0.3 is 0 Å². The van der Waals surface area contributed by atoms with E-state index in [0.717, 1.165) is 5.04 Å². The standard InChI is InChI=1S/C8H13NS/c1-5-9-8(7(3)4)10-6-2/h5-7H,1-2H2,3-4H3. The van der Waals surface area contributed by atoms with Crippen molar-refractivity contribution in [2.45, 2.75) is 13.8 Å². The van der Waals surface area contributed by atoms with Gasteiger partial charge in [0, 0.05) is 12.1 Å². The molecule has 0 fully saturated rings. The van der Waals surface area contributed by atoms with Gasteiger partial charge in [0.25, 0.3) is 0 Å². The predicted octanol–water partition coefficient (Wildman–Crippen LogP) is 3.06. The van der Waals surface area contributed by atoms with Gasteiger partial charge in [-0.15, -0.1) is 0 Å². The zero-order valence-electron chi connectivity index (χ0n) is 6.50. The lowest BCUT2D eigenvalue weighted by molar-refractivity contribution is 0.901. The fourth-order valence-electron chi connectivity index (χ4n) is 0.491. The first-order valence-corrected chi connectivity index (χ1v) is 4.06. The second kappa shape index (κ2) is 5.30. The van der Waals surface area contributed by atoms with E-state index in [0.29, 0.717) is 5.92 Å². The molecule has 0 aromatic rings. The Balaban J connectivity index is 4.09. The van der Waals surface area contributed by atoms with E-state index >= 15 is 0 Å². The topological polar surface area (TPSA) is 12.4 Å². The monoisotopic (exact) mass is 155 g/mol. The van der Waals surface area contributed by atoms with Crippen LogP contribution in [0.4, 0.5) is 0 Å². The molecule has 0 spiro atoms. The lowest BCUT2D eigenvalue weighted by atomic mass is 10.2. The maximum atomic E-state index is 4.09. The van der Waals surface area contributed by atoms with Gasteiger partial charge in [0.15, 0.2) is 0 Å². The second-order valence-electron chi connectivity index (χ2n) is 2.09. The molecule has 0 heterocycles. The summed E-state index contributed by atoms with van der Waals surface area (Å²) in [6.07, 6.45) is 1.56. The van der Waals surface area contributed by atoms with Crippen LogP contribution in [0.2, 0.25) is 0 Å². The average molecular weight is 155 g/mol. The third-order valence-electron chi connectivity index (χ3n) is 0.917. The molecule has 0 amide bonds. The first-order valence-electron chi connectivity index (χ1n) is 3.18. The quantitative estimate of drug-likeness (QED) is 0.450. The van der Waals surface area contributed by atoms with E-state index in [4.69, 9.17) is 0 Å². The van der Waals surface area contributed by atoms with Crippen LogP contribution in [0.15, 0.2) is 29.8 Å². The molecule has 0 aliphatic carbocycles. The molecule has 0 aromatic carbocycles. The molecule has 0 radical (unpaired) electrons. The smallest absolute Gasteiger partial charge is 0.0798 e. The van der Waals surface area contributed by atoms with Crippen molar-refractivity contribution in [1.29, 1.82) is 0 Å². The Hall–Kier alpha value is -0.500. The fraction of sp³-hybridized carbons (Fsp3) is 0.375. The van der Waals surface area contributed by atoms with Crippen LogP contribution in [0, 0.1) is 5.92 Å². The summed E-state index contributed by atoms with van der Waals surface area (Å²) in [5.41, 5.74) is 0. The molecule has 0 atom stereocenters. The van der Waals surface area contributed by atoms with Crippen LogP contribution in [0.3, 0.4) is 0 Å². The molecule has 1 nitrogen and oxygen atoms in total. The minimum absolute atomic E-state index is 0.459. The summed E-state index contributed by atoms with van der Waals surface area (Å²) in [6, 6.07) is 0. The lowest BCUT2D eigenvalue weighted by Gasteiger charge is -2.03. The van der Waals surface area contributed by atoms with Crippen LogP contribution in [0.1, 0.15) is 13.8 Å². The summed E-state index contributed by atoms with van der Waals surface area (Å²) in [6.45, 7) is 11.3.